The van der Waals surface area contributed by atoms with Crippen LogP contribution in [0.25, 0.3) is 0 Å². The molecule has 408 valence electrons. The highest BCUT2D eigenvalue weighted by Crippen LogP contribution is 2.14. The van der Waals surface area contributed by atoms with E-state index in [1.165, 1.54) is 31.2 Å². The van der Waals surface area contributed by atoms with E-state index in [9.17, 15) is 68.4 Å². The van der Waals surface area contributed by atoms with Crippen molar-refractivity contribution in [1.29, 1.82) is 0 Å². The van der Waals surface area contributed by atoms with Crippen molar-refractivity contribution in [2.45, 2.75) is 140 Å². The molecule has 29 heteroatoms. The maximum absolute atomic E-state index is 14.4. The number of hydrogen-bond acceptors (Lipinski definition) is 15. The number of amides is 7. The summed E-state index contributed by atoms with van der Waals surface area (Å²) < 4.78 is 0. The van der Waals surface area contributed by atoms with Gasteiger partial charge in [0.15, 0.2) is 11.9 Å². The van der Waals surface area contributed by atoms with Crippen molar-refractivity contribution in [3.05, 3.63) is 29.8 Å². The lowest BCUT2D eigenvalue weighted by atomic mass is 10.0. The zero-order valence-electron chi connectivity index (χ0n) is 41.1. The number of nitrogens with zero attached hydrogens (tertiary/aromatic N) is 2. The van der Waals surface area contributed by atoms with E-state index in [2.05, 4.69) is 47.2 Å². The van der Waals surface area contributed by atoms with E-state index in [4.69, 9.17) is 34.4 Å². The van der Waals surface area contributed by atoms with Crippen LogP contribution in [-0.4, -0.2) is 160 Å². The molecular formula is C44H73N15O14. The highest BCUT2D eigenvalue weighted by atomic mass is 16.4. The molecule has 0 fully saturated rings. The molecular weight excluding hydrogens is 963 g/mol. The zero-order valence-corrected chi connectivity index (χ0v) is 41.1. The van der Waals surface area contributed by atoms with Crippen molar-refractivity contribution in [3.63, 3.8) is 0 Å². The number of phenolic OH excluding ortho intramolecular Hbond substituents is 1. The monoisotopic (exact) mass is 1040 g/mol. The molecule has 0 bridgehead atoms. The van der Waals surface area contributed by atoms with Crippen LogP contribution in [0.3, 0.4) is 0 Å². The second kappa shape index (κ2) is 32.9. The summed E-state index contributed by atoms with van der Waals surface area (Å²) in [6.07, 6.45) is -2.18. The van der Waals surface area contributed by atoms with Gasteiger partial charge in [0.05, 0.1) is 12.5 Å². The molecule has 29 nitrogen and oxygen atoms in total. The topological polar surface area (TPSA) is 517 Å². The van der Waals surface area contributed by atoms with E-state index in [0.717, 1.165) is 0 Å². The van der Waals surface area contributed by atoms with Gasteiger partial charge in [-0.25, -0.2) is 4.79 Å². The number of aliphatic carboxylic acids is 3. The molecule has 1 rings (SSSR count). The number of carbonyl (C=O) groups excluding carboxylic acids is 7. The number of hydrogen-bond donors (Lipinski definition) is 17. The summed E-state index contributed by atoms with van der Waals surface area (Å²) in [5, 5.41) is 55.5. The molecule has 23 N–H and O–H groups in total. The first kappa shape index (κ1) is 63.2. The van der Waals surface area contributed by atoms with Crippen molar-refractivity contribution in [2.75, 3.05) is 19.6 Å². The standard InChI is InChI=1S/C44H73N15O14/c1-22(2)34(59-35(65)23(3)46)41(71)56-29(15-16-32(61)62)39(69)54-28(10-7-19-52-44(49)50)37(67)57-30(20-24-11-13-25(60)14-12-24)40(70)55-27(9-6-18-51-43(47)48)36(66)53-26(8-4-5-17-45)38(68)58-31(42(72)73)21-33(63)64/h11-14,22-23,26-31,34,60H,4-10,15-21,45-46H2,1-3H3,(H,53,66)(H,54,69)(H,55,70)(H,56,71)(H,57,67)(H,58,68)(H,59,65)(H,61,62)(H,63,64)(H,72,73)(H4,47,48,51)(H4,49,50,52)/t23-,26-,27-,28-,29-,30-,31-,34-/m0/s1. The Labute approximate surface area is 421 Å². The first-order valence-corrected chi connectivity index (χ1v) is 23.4. The average molecular weight is 1040 g/mol. The fourth-order valence-corrected chi connectivity index (χ4v) is 6.74. The fourth-order valence-electron chi connectivity index (χ4n) is 6.74. The van der Waals surface area contributed by atoms with Crippen molar-refractivity contribution in [2.24, 2.45) is 50.3 Å². The molecule has 0 radical (unpaired) electrons. The van der Waals surface area contributed by atoms with Gasteiger partial charge in [0.25, 0.3) is 0 Å². The van der Waals surface area contributed by atoms with E-state index in [1.807, 2.05) is 0 Å². The maximum atomic E-state index is 14.4. The molecule has 8 atom stereocenters. The summed E-state index contributed by atoms with van der Waals surface area (Å²) in [4.78, 5) is 139. The number of guanidine groups is 2. The largest absolute Gasteiger partial charge is 0.508 e. The van der Waals surface area contributed by atoms with Gasteiger partial charge in [0.1, 0.15) is 48.0 Å². The summed E-state index contributed by atoms with van der Waals surface area (Å²) in [5.74, 6) is -12.4. The van der Waals surface area contributed by atoms with Crippen LogP contribution in [0.5, 0.6) is 5.75 Å². The predicted molar refractivity (Wildman–Crippen MR) is 263 cm³/mol. The molecule has 0 saturated heterocycles. The molecule has 0 saturated carbocycles. The number of nitrogens with two attached hydrogens (primary N) is 6. The SMILES string of the molecule is CC(C)[C@H](NC(=O)[C@H](C)N)C(=O)N[C@@H](CCC(=O)O)C(=O)N[C@@H](CCCN=C(N)N)C(=O)N[C@@H](Cc1ccc(O)cc1)C(=O)N[C@@H](CCCN=C(N)N)C(=O)N[C@@H](CCCCN)C(=O)N[C@@H](CC(=O)O)C(=O)O. The fraction of sp³-hybridized carbons (Fsp3) is 0.591. The molecule has 73 heavy (non-hydrogen) atoms. The smallest absolute Gasteiger partial charge is 0.326 e. The summed E-state index contributed by atoms with van der Waals surface area (Å²) in [5.41, 5.74) is 33.6. The number of benzene rings is 1. The summed E-state index contributed by atoms with van der Waals surface area (Å²) in [6, 6.07) is -6.31. The minimum atomic E-state index is -1.87. The van der Waals surface area contributed by atoms with E-state index in [0.29, 0.717) is 12.0 Å². The number of phenols is 1. The molecule has 7 amide bonds. The summed E-state index contributed by atoms with van der Waals surface area (Å²) in [6.45, 7) is 4.69. The molecule has 0 aliphatic rings. The normalized spacial score (nSPS) is 14.2. The average Bonchev–Trinajstić information content (AvgIpc) is 3.30. The van der Waals surface area contributed by atoms with E-state index in [-0.39, 0.29) is 82.2 Å². The molecule has 0 heterocycles. The highest BCUT2D eigenvalue weighted by molar-refractivity contribution is 5.98. The molecule has 0 aliphatic carbocycles. The van der Waals surface area contributed by atoms with Gasteiger partial charge in [0.2, 0.25) is 41.4 Å². The second-order valence-electron chi connectivity index (χ2n) is 17.3. The quantitative estimate of drug-likeness (QED) is 0.0172. The minimum absolute atomic E-state index is 0.0392. The lowest BCUT2D eigenvalue weighted by Gasteiger charge is -2.28. The van der Waals surface area contributed by atoms with Crippen molar-refractivity contribution in [1.82, 2.24) is 37.2 Å². The molecule has 0 spiro atoms. The second-order valence-corrected chi connectivity index (χ2v) is 17.3. The molecule has 0 unspecified atom stereocenters. The first-order chi connectivity index (χ1) is 34.2. The van der Waals surface area contributed by atoms with Crippen LogP contribution < -0.4 is 71.6 Å². The van der Waals surface area contributed by atoms with Gasteiger partial charge < -0.3 is 92.0 Å². The van der Waals surface area contributed by atoms with Gasteiger partial charge in [-0.15, -0.1) is 0 Å². The Kier molecular flexibility index (Phi) is 28.5. The zero-order chi connectivity index (χ0) is 55.4. The first-order valence-electron chi connectivity index (χ1n) is 23.4. The predicted octanol–water partition coefficient (Wildman–Crippen LogP) is -5.01. The number of carboxylic acid groups (broad SMARTS) is 3. The van der Waals surface area contributed by atoms with Crippen molar-refractivity contribution >= 4 is 71.2 Å². The maximum Gasteiger partial charge on any atom is 0.326 e. The Balaban J connectivity index is 3.77. The van der Waals surface area contributed by atoms with Crippen LogP contribution in [-0.2, 0) is 54.4 Å². The number of rotatable bonds is 35. The van der Waals surface area contributed by atoms with Crippen LogP contribution in [0.4, 0.5) is 0 Å². The third-order valence-corrected chi connectivity index (χ3v) is 10.7. The van der Waals surface area contributed by atoms with Crippen LogP contribution in [0.1, 0.15) is 90.5 Å². The summed E-state index contributed by atoms with van der Waals surface area (Å²) >= 11 is 0. The number of unbranched alkanes of at least 4 members (excludes halogenated alkanes) is 1. The van der Waals surface area contributed by atoms with Crippen LogP contribution >= 0.6 is 0 Å². The lowest BCUT2D eigenvalue weighted by Crippen LogP contribution is -2.60. The Bertz CT molecular complexity index is 2100. The summed E-state index contributed by atoms with van der Waals surface area (Å²) in [7, 11) is 0. The van der Waals surface area contributed by atoms with Gasteiger partial charge in [0, 0.05) is 25.9 Å². The van der Waals surface area contributed by atoms with Crippen molar-refractivity contribution < 1.29 is 68.4 Å². The minimum Gasteiger partial charge on any atom is -0.508 e. The molecule has 0 aromatic heterocycles. The van der Waals surface area contributed by atoms with Crippen molar-refractivity contribution in [3.8, 4) is 5.75 Å². The van der Waals surface area contributed by atoms with Gasteiger partial charge in [-0.3, -0.25) is 53.1 Å². The Morgan fingerprint density at radius 1 is 0.521 bits per heavy atom. The Morgan fingerprint density at radius 3 is 1.33 bits per heavy atom. The number of aliphatic imine (C=N–C) groups is 2. The van der Waals surface area contributed by atoms with Gasteiger partial charge in [-0.1, -0.05) is 26.0 Å². The number of aromatic hydroxyl groups is 1. The van der Waals surface area contributed by atoms with Crippen LogP contribution in [0.2, 0.25) is 0 Å². The van der Waals surface area contributed by atoms with Gasteiger partial charge >= 0.3 is 17.9 Å². The van der Waals surface area contributed by atoms with E-state index >= 15 is 0 Å². The number of nitrogens with one attached hydrogen (secondary N) is 7. The molecule has 1 aromatic rings. The Hall–Kier alpha value is -7.82. The van der Waals surface area contributed by atoms with Gasteiger partial charge in [-0.2, -0.15) is 0 Å². The van der Waals surface area contributed by atoms with Gasteiger partial charge in [-0.05, 0) is 88.4 Å². The lowest BCUT2D eigenvalue weighted by molar-refractivity contribution is -0.147. The number of carboxylic acids is 3. The Morgan fingerprint density at radius 2 is 0.932 bits per heavy atom. The van der Waals surface area contributed by atoms with E-state index in [1.54, 1.807) is 13.8 Å². The molecule has 0 aliphatic heterocycles. The number of carbonyl (C=O) groups is 10. The van der Waals surface area contributed by atoms with E-state index < -0.39 is 133 Å². The highest BCUT2D eigenvalue weighted by Gasteiger charge is 2.35. The third-order valence-electron chi connectivity index (χ3n) is 10.7. The van der Waals surface area contributed by atoms with Crippen LogP contribution in [0.15, 0.2) is 34.3 Å². The third kappa shape index (κ3) is 25.7. The van der Waals surface area contributed by atoms with Crippen LogP contribution in [0, 0.1) is 5.92 Å². The molecule has 1 aromatic carbocycles.